The molecular weight excluding hydrogens is 302 g/mol. The summed E-state index contributed by atoms with van der Waals surface area (Å²) in [4.78, 5) is 21.7. The normalized spacial score (nSPS) is 16.0. The molecule has 1 N–H and O–H groups in total. The van der Waals surface area contributed by atoms with Gasteiger partial charge in [0.15, 0.2) is 5.13 Å². The van der Waals surface area contributed by atoms with Gasteiger partial charge in [0.2, 0.25) is 0 Å². The average molecular weight is 327 g/mol. The Hall–Kier alpha value is -1.34. The third-order valence-corrected chi connectivity index (χ3v) is 4.51. The number of hydrogen-bond donors (Lipinski definition) is 1. The minimum atomic E-state index is -0.458. The summed E-state index contributed by atoms with van der Waals surface area (Å²) < 4.78 is 5.40. The van der Waals surface area contributed by atoms with E-state index in [-0.39, 0.29) is 12.7 Å². The largest absolute Gasteiger partial charge is 0.444 e. The first-order valence-electron chi connectivity index (χ1n) is 7.60. The lowest BCUT2D eigenvalue weighted by atomic mass is 10.2. The molecule has 1 aliphatic heterocycles. The Kier molecular flexibility index (Phi) is 5.28. The highest BCUT2D eigenvalue weighted by atomic mass is 32.1. The summed E-state index contributed by atoms with van der Waals surface area (Å²) in [7, 11) is 0. The molecule has 0 unspecified atom stereocenters. The highest BCUT2D eigenvalue weighted by molar-refractivity contribution is 7.15. The zero-order chi connectivity index (χ0) is 16.3. The lowest BCUT2D eigenvalue weighted by Gasteiger charge is -2.35. The van der Waals surface area contributed by atoms with Crippen molar-refractivity contribution in [3.8, 4) is 0 Å². The van der Waals surface area contributed by atoms with Crippen LogP contribution in [0.1, 0.15) is 31.3 Å². The van der Waals surface area contributed by atoms with Crippen molar-refractivity contribution >= 4 is 22.6 Å². The number of aromatic nitrogens is 1. The molecule has 0 spiro atoms. The van der Waals surface area contributed by atoms with Gasteiger partial charge in [0, 0.05) is 44.1 Å². The van der Waals surface area contributed by atoms with Gasteiger partial charge in [0.05, 0.1) is 5.69 Å². The van der Waals surface area contributed by atoms with Crippen LogP contribution >= 0.6 is 11.3 Å². The summed E-state index contributed by atoms with van der Waals surface area (Å²) in [5.74, 6) is 0. The fourth-order valence-electron chi connectivity index (χ4n) is 2.29. The fraction of sp³-hybridized carbons (Fsp3) is 0.733. The molecule has 1 amide bonds. The molecule has 2 rings (SSSR count). The van der Waals surface area contributed by atoms with E-state index in [1.165, 1.54) is 0 Å². The first-order chi connectivity index (χ1) is 10.3. The van der Waals surface area contributed by atoms with Crippen molar-refractivity contribution < 1.29 is 14.6 Å². The minimum absolute atomic E-state index is 0.121. The second-order valence-corrected chi connectivity index (χ2v) is 7.61. The number of anilines is 1. The van der Waals surface area contributed by atoms with Crippen LogP contribution in [0.2, 0.25) is 0 Å². The smallest absolute Gasteiger partial charge is 0.410 e. The zero-order valence-electron chi connectivity index (χ0n) is 13.8. The maximum atomic E-state index is 12.0. The lowest BCUT2D eigenvalue weighted by molar-refractivity contribution is 0.0240. The Labute approximate surface area is 135 Å². The number of carbonyl (C=O) groups excluding carboxylic acids is 1. The third kappa shape index (κ3) is 4.33. The molecular formula is C15H25N3O3S. The Bertz CT molecular complexity index is 517. The van der Waals surface area contributed by atoms with Crippen molar-refractivity contribution in [2.75, 3.05) is 37.7 Å². The number of piperazine rings is 1. The molecule has 1 fully saturated rings. The number of amides is 1. The molecule has 6 nitrogen and oxygen atoms in total. The maximum absolute atomic E-state index is 12.0. The predicted molar refractivity (Wildman–Crippen MR) is 87.7 cm³/mol. The van der Waals surface area contributed by atoms with Gasteiger partial charge in [0.25, 0.3) is 0 Å². The number of rotatable bonds is 3. The van der Waals surface area contributed by atoms with E-state index in [1.807, 2.05) is 27.7 Å². The second kappa shape index (κ2) is 6.83. The molecule has 1 aromatic rings. The number of ether oxygens (including phenoxy) is 1. The van der Waals surface area contributed by atoms with E-state index in [0.717, 1.165) is 28.8 Å². The SMILES string of the molecule is Cc1sc(N2CCN(C(=O)OC(C)(C)C)CC2)nc1CCO. The lowest BCUT2D eigenvalue weighted by Crippen LogP contribution is -2.50. The number of nitrogens with zero attached hydrogens (tertiary/aromatic N) is 3. The van der Waals surface area contributed by atoms with E-state index in [4.69, 9.17) is 9.84 Å². The summed E-state index contributed by atoms with van der Waals surface area (Å²) in [5, 5.41) is 10.0. The number of hydrogen-bond acceptors (Lipinski definition) is 6. The van der Waals surface area contributed by atoms with Crippen LogP contribution in [0.3, 0.4) is 0 Å². The van der Waals surface area contributed by atoms with E-state index in [9.17, 15) is 4.79 Å². The number of aliphatic hydroxyl groups excluding tert-OH is 1. The van der Waals surface area contributed by atoms with E-state index in [1.54, 1.807) is 16.2 Å². The van der Waals surface area contributed by atoms with Gasteiger partial charge in [-0.25, -0.2) is 9.78 Å². The Morgan fingerprint density at radius 1 is 1.32 bits per heavy atom. The molecule has 1 aliphatic rings. The number of thiazole rings is 1. The molecule has 1 saturated heterocycles. The van der Waals surface area contributed by atoms with Crippen molar-refractivity contribution in [2.45, 2.75) is 39.7 Å². The highest BCUT2D eigenvalue weighted by Crippen LogP contribution is 2.27. The van der Waals surface area contributed by atoms with Crippen LogP contribution < -0.4 is 4.90 Å². The predicted octanol–water partition coefficient (Wildman–Crippen LogP) is 2.04. The van der Waals surface area contributed by atoms with Crippen LogP contribution in [0, 0.1) is 6.92 Å². The summed E-state index contributed by atoms with van der Waals surface area (Å²) in [6.07, 6.45) is 0.351. The Balaban J connectivity index is 1.92. The van der Waals surface area contributed by atoms with Crippen LogP contribution in [-0.4, -0.2) is 59.5 Å². The van der Waals surface area contributed by atoms with E-state index < -0.39 is 5.60 Å². The first-order valence-corrected chi connectivity index (χ1v) is 8.42. The third-order valence-electron chi connectivity index (χ3n) is 3.43. The quantitative estimate of drug-likeness (QED) is 0.920. The van der Waals surface area contributed by atoms with Gasteiger partial charge >= 0.3 is 6.09 Å². The van der Waals surface area contributed by atoms with Crippen molar-refractivity contribution in [3.63, 3.8) is 0 Å². The summed E-state index contributed by atoms with van der Waals surface area (Å²) in [6.45, 7) is 10.6. The highest BCUT2D eigenvalue weighted by Gasteiger charge is 2.27. The van der Waals surface area contributed by atoms with Gasteiger partial charge in [0.1, 0.15) is 5.60 Å². The average Bonchev–Trinajstić information content (AvgIpc) is 2.79. The standard InChI is InChI=1S/C15H25N3O3S/c1-11-12(5-10-19)16-13(22-11)17-6-8-18(9-7-17)14(20)21-15(2,3)4/h19H,5-10H2,1-4H3. The summed E-state index contributed by atoms with van der Waals surface area (Å²) in [5.41, 5.74) is 0.511. The van der Waals surface area contributed by atoms with E-state index >= 15 is 0 Å². The monoisotopic (exact) mass is 327 g/mol. The molecule has 0 saturated carbocycles. The van der Waals surface area contributed by atoms with Gasteiger partial charge in [-0.3, -0.25) is 0 Å². The van der Waals surface area contributed by atoms with Crippen molar-refractivity contribution in [1.82, 2.24) is 9.88 Å². The first kappa shape index (κ1) is 17.0. The van der Waals surface area contributed by atoms with Gasteiger partial charge in [-0.05, 0) is 27.7 Å². The molecule has 124 valence electrons. The molecule has 22 heavy (non-hydrogen) atoms. The maximum Gasteiger partial charge on any atom is 0.410 e. The van der Waals surface area contributed by atoms with Gasteiger partial charge in [-0.2, -0.15) is 0 Å². The fourth-order valence-corrected chi connectivity index (χ4v) is 3.30. The Morgan fingerprint density at radius 2 is 1.95 bits per heavy atom. The van der Waals surface area contributed by atoms with Crippen molar-refractivity contribution in [2.24, 2.45) is 0 Å². The summed E-state index contributed by atoms with van der Waals surface area (Å²) >= 11 is 1.65. The van der Waals surface area contributed by atoms with E-state index in [0.29, 0.717) is 19.5 Å². The number of carbonyl (C=O) groups is 1. The van der Waals surface area contributed by atoms with Crippen molar-refractivity contribution in [1.29, 1.82) is 0 Å². The van der Waals surface area contributed by atoms with Crippen LogP contribution in [0.15, 0.2) is 0 Å². The summed E-state index contributed by atoms with van der Waals surface area (Å²) in [6, 6.07) is 0. The van der Waals surface area contributed by atoms with Crippen LogP contribution in [0.25, 0.3) is 0 Å². The van der Waals surface area contributed by atoms with Gasteiger partial charge in [-0.1, -0.05) is 0 Å². The molecule has 0 atom stereocenters. The Morgan fingerprint density at radius 3 is 2.50 bits per heavy atom. The molecule has 2 heterocycles. The zero-order valence-corrected chi connectivity index (χ0v) is 14.6. The molecule has 0 bridgehead atoms. The second-order valence-electron chi connectivity index (χ2n) is 6.43. The van der Waals surface area contributed by atoms with Crippen molar-refractivity contribution in [3.05, 3.63) is 10.6 Å². The number of aliphatic hydroxyl groups is 1. The van der Waals surface area contributed by atoms with Gasteiger partial charge in [-0.15, -0.1) is 11.3 Å². The minimum Gasteiger partial charge on any atom is -0.444 e. The molecule has 0 aliphatic carbocycles. The molecule has 7 heteroatoms. The van der Waals surface area contributed by atoms with Gasteiger partial charge < -0.3 is 19.6 Å². The topological polar surface area (TPSA) is 65.9 Å². The number of aryl methyl sites for hydroxylation is 1. The molecule has 0 aromatic carbocycles. The van der Waals surface area contributed by atoms with E-state index in [2.05, 4.69) is 9.88 Å². The van der Waals surface area contributed by atoms with Crippen LogP contribution in [0.4, 0.5) is 9.93 Å². The van der Waals surface area contributed by atoms with Crippen LogP contribution in [0.5, 0.6) is 0 Å². The molecule has 1 aromatic heterocycles. The van der Waals surface area contributed by atoms with Crippen LogP contribution in [-0.2, 0) is 11.2 Å². The molecule has 0 radical (unpaired) electrons.